The van der Waals surface area contributed by atoms with E-state index >= 15 is 0 Å². The van der Waals surface area contributed by atoms with Gasteiger partial charge in [0, 0.05) is 17.4 Å². The van der Waals surface area contributed by atoms with Gasteiger partial charge in [0.1, 0.15) is 15.7 Å². The van der Waals surface area contributed by atoms with Crippen LogP contribution in [0, 0.1) is 5.82 Å². The quantitative estimate of drug-likeness (QED) is 0.842. The minimum Gasteiger partial charge on any atom is -0.313 e. The first-order chi connectivity index (χ1) is 8.91. The fraction of sp³-hybridized carbons (Fsp3) is 0.538. The molecular formula is C13H19ClFNO2S. The minimum atomic E-state index is -2.97. The van der Waals surface area contributed by atoms with Crippen LogP contribution in [0.5, 0.6) is 0 Å². The van der Waals surface area contributed by atoms with Crippen LogP contribution in [-0.2, 0) is 9.84 Å². The summed E-state index contributed by atoms with van der Waals surface area (Å²) in [7, 11) is -1.25. The molecule has 0 aliphatic carbocycles. The Kier molecular flexibility index (Phi) is 6.23. The molecular weight excluding hydrogens is 289 g/mol. The molecule has 1 atom stereocenters. The standard InChI is InChI=1S/C13H19ClFNO2S/c1-3-19(17,18)9-5-8-12(16-2)10-6-4-7-11(14)13(10)15/h4,6-7,12,16H,3,5,8-9H2,1-2H3. The molecule has 0 saturated carbocycles. The Hall–Kier alpha value is -0.650. The van der Waals surface area contributed by atoms with Crippen molar-refractivity contribution >= 4 is 21.4 Å². The summed E-state index contributed by atoms with van der Waals surface area (Å²) in [4.78, 5) is 0. The molecule has 19 heavy (non-hydrogen) atoms. The van der Waals surface area contributed by atoms with Gasteiger partial charge in [0.15, 0.2) is 0 Å². The van der Waals surface area contributed by atoms with E-state index in [0.717, 1.165) is 0 Å². The van der Waals surface area contributed by atoms with Gasteiger partial charge in [0.05, 0.1) is 10.8 Å². The van der Waals surface area contributed by atoms with Gasteiger partial charge in [-0.1, -0.05) is 30.7 Å². The summed E-state index contributed by atoms with van der Waals surface area (Å²) >= 11 is 5.75. The van der Waals surface area contributed by atoms with E-state index in [0.29, 0.717) is 18.4 Å². The van der Waals surface area contributed by atoms with Crippen LogP contribution in [0.2, 0.25) is 5.02 Å². The Morgan fingerprint density at radius 1 is 1.42 bits per heavy atom. The Labute approximate surface area is 119 Å². The van der Waals surface area contributed by atoms with Gasteiger partial charge in [-0.05, 0) is 26.0 Å². The monoisotopic (exact) mass is 307 g/mol. The first kappa shape index (κ1) is 16.4. The summed E-state index contributed by atoms with van der Waals surface area (Å²) in [6, 6.07) is 4.62. The largest absolute Gasteiger partial charge is 0.313 e. The second kappa shape index (κ2) is 7.22. The molecule has 0 aliphatic rings. The normalized spacial score (nSPS) is 13.5. The highest BCUT2D eigenvalue weighted by Gasteiger charge is 2.17. The first-order valence-electron chi connectivity index (χ1n) is 6.23. The Bertz CT molecular complexity index is 519. The van der Waals surface area contributed by atoms with Crippen molar-refractivity contribution in [3.8, 4) is 0 Å². The second-order valence-corrected chi connectivity index (χ2v) is 7.24. The Morgan fingerprint density at radius 2 is 2.11 bits per heavy atom. The van der Waals surface area contributed by atoms with E-state index in [1.165, 1.54) is 6.07 Å². The lowest BCUT2D eigenvalue weighted by Gasteiger charge is -2.17. The molecule has 1 rings (SSSR count). The lowest BCUT2D eigenvalue weighted by molar-refractivity contribution is 0.502. The number of hydrogen-bond donors (Lipinski definition) is 1. The molecule has 1 unspecified atom stereocenters. The van der Waals surface area contributed by atoms with Crippen molar-refractivity contribution < 1.29 is 12.8 Å². The number of hydrogen-bond acceptors (Lipinski definition) is 3. The highest BCUT2D eigenvalue weighted by molar-refractivity contribution is 7.91. The van der Waals surface area contributed by atoms with Gasteiger partial charge in [0.2, 0.25) is 0 Å². The molecule has 0 amide bonds. The van der Waals surface area contributed by atoms with Gasteiger partial charge in [-0.3, -0.25) is 0 Å². The molecule has 3 nitrogen and oxygen atoms in total. The van der Waals surface area contributed by atoms with Gasteiger partial charge >= 0.3 is 0 Å². The molecule has 1 N–H and O–H groups in total. The van der Waals surface area contributed by atoms with Crippen molar-refractivity contribution in [2.24, 2.45) is 0 Å². The maximum atomic E-state index is 13.9. The second-order valence-electron chi connectivity index (χ2n) is 4.36. The van der Waals surface area contributed by atoms with Crippen molar-refractivity contribution in [1.82, 2.24) is 5.32 Å². The lowest BCUT2D eigenvalue weighted by Crippen LogP contribution is -2.19. The van der Waals surface area contributed by atoms with E-state index in [1.54, 1.807) is 26.1 Å². The zero-order chi connectivity index (χ0) is 14.5. The number of rotatable bonds is 7. The predicted molar refractivity (Wildman–Crippen MR) is 76.8 cm³/mol. The van der Waals surface area contributed by atoms with Gasteiger partial charge in [-0.15, -0.1) is 0 Å². The smallest absolute Gasteiger partial charge is 0.150 e. The van der Waals surface area contributed by atoms with Crippen molar-refractivity contribution in [3.05, 3.63) is 34.6 Å². The zero-order valence-electron chi connectivity index (χ0n) is 11.1. The highest BCUT2D eigenvalue weighted by atomic mass is 35.5. The number of halogens is 2. The van der Waals surface area contributed by atoms with Crippen LogP contribution < -0.4 is 5.32 Å². The summed E-state index contributed by atoms with van der Waals surface area (Å²) < 4.78 is 36.7. The Balaban J connectivity index is 2.71. The topological polar surface area (TPSA) is 46.2 Å². The molecule has 0 aromatic heterocycles. The molecule has 0 radical (unpaired) electrons. The minimum absolute atomic E-state index is 0.0823. The number of nitrogens with one attached hydrogen (secondary N) is 1. The average Bonchev–Trinajstić information content (AvgIpc) is 2.38. The predicted octanol–water partition coefficient (Wildman–Crippen LogP) is 2.95. The Morgan fingerprint density at radius 3 is 2.68 bits per heavy atom. The van der Waals surface area contributed by atoms with E-state index in [1.807, 2.05) is 0 Å². The van der Waals surface area contributed by atoms with Gasteiger partial charge < -0.3 is 5.32 Å². The molecule has 108 valence electrons. The third kappa shape index (κ3) is 4.75. The van der Waals surface area contributed by atoms with Gasteiger partial charge in [0.25, 0.3) is 0 Å². The third-order valence-corrected chi connectivity index (χ3v) is 5.18. The van der Waals surface area contributed by atoms with Gasteiger partial charge in [-0.25, -0.2) is 12.8 Å². The van der Waals surface area contributed by atoms with Crippen molar-refractivity contribution in [3.63, 3.8) is 0 Å². The first-order valence-corrected chi connectivity index (χ1v) is 8.42. The van der Waals surface area contributed by atoms with Crippen LogP contribution in [0.3, 0.4) is 0 Å². The molecule has 1 aromatic carbocycles. The lowest BCUT2D eigenvalue weighted by atomic mass is 10.0. The highest BCUT2D eigenvalue weighted by Crippen LogP contribution is 2.26. The third-order valence-electron chi connectivity index (χ3n) is 3.09. The molecule has 1 aromatic rings. The molecule has 6 heteroatoms. The molecule has 0 spiro atoms. The van der Waals surface area contributed by atoms with E-state index in [-0.39, 0.29) is 22.6 Å². The van der Waals surface area contributed by atoms with Crippen LogP contribution in [0.4, 0.5) is 4.39 Å². The van der Waals surface area contributed by atoms with E-state index < -0.39 is 15.7 Å². The van der Waals surface area contributed by atoms with E-state index in [4.69, 9.17) is 11.6 Å². The van der Waals surface area contributed by atoms with E-state index in [2.05, 4.69) is 5.32 Å². The zero-order valence-corrected chi connectivity index (χ0v) is 12.7. The average molecular weight is 308 g/mol. The van der Waals surface area contributed by atoms with Crippen LogP contribution in [0.1, 0.15) is 31.4 Å². The van der Waals surface area contributed by atoms with Crippen molar-refractivity contribution in [2.45, 2.75) is 25.8 Å². The summed E-state index contributed by atoms with van der Waals surface area (Å²) in [5.41, 5.74) is 0.476. The van der Waals surface area contributed by atoms with Crippen molar-refractivity contribution in [2.75, 3.05) is 18.6 Å². The summed E-state index contributed by atoms with van der Waals surface area (Å²) in [6.07, 6.45) is 1.04. The molecule has 0 fully saturated rings. The van der Waals surface area contributed by atoms with Crippen LogP contribution in [0.25, 0.3) is 0 Å². The van der Waals surface area contributed by atoms with Gasteiger partial charge in [-0.2, -0.15) is 0 Å². The maximum Gasteiger partial charge on any atom is 0.150 e. The van der Waals surface area contributed by atoms with Crippen molar-refractivity contribution in [1.29, 1.82) is 0 Å². The number of sulfone groups is 1. The molecule has 0 bridgehead atoms. The number of benzene rings is 1. The fourth-order valence-corrected chi connectivity index (χ4v) is 2.97. The van der Waals surface area contributed by atoms with Crippen LogP contribution in [-0.4, -0.2) is 27.0 Å². The molecule has 0 heterocycles. The van der Waals surface area contributed by atoms with Crippen LogP contribution in [0.15, 0.2) is 18.2 Å². The summed E-state index contributed by atoms with van der Waals surface area (Å²) in [6.45, 7) is 1.63. The van der Waals surface area contributed by atoms with E-state index in [9.17, 15) is 12.8 Å². The molecule has 0 saturated heterocycles. The van der Waals surface area contributed by atoms with Crippen LogP contribution >= 0.6 is 11.6 Å². The SMILES string of the molecule is CCS(=O)(=O)CCCC(NC)c1cccc(Cl)c1F. The fourth-order valence-electron chi connectivity index (χ4n) is 1.90. The summed E-state index contributed by atoms with van der Waals surface area (Å²) in [5.74, 6) is -0.172. The molecule has 0 aliphatic heterocycles. The maximum absolute atomic E-state index is 13.9. The summed E-state index contributed by atoms with van der Waals surface area (Å²) in [5, 5.41) is 3.08.